The summed E-state index contributed by atoms with van der Waals surface area (Å²) in [5, 5.41) is 18.0. The van der Waals surface area contributed by atoms with E-state index in [1.54, 1.807) is 16.8 Å². The van der Waals surface area contributed by atoms with Crippen LogP contribution in [-0.4, -0.2) is 54.2 Å². The lowest BCUT2D eigenvalue weighted by Crippen LogP contribution is -2.63. The summed E-state index contributed by atoms with van der Waals surface area (Å²) in [4.78, 5) is 6.57. The summed E-state index contributed by atoms with van der Waals surface area (Å²) in [5.74, 6) is 0.763. The summed E-state index contributed by atoms with van der Waals surface area (Å²) in [5.41, 5.74) is 0.633. The van der Waals surface area contributed by atoms with Crippen molar-refractivity contribution < 1.29 is 13.5 Å². The lowest BCUT2D eigenvalue weighted by molar-refractivity contribution is 0.191. The van der Waals surface area contributed by atoms with Gasteiger partial charge in [-0.15, -0.1) is 0 Å². The highest BCUT2D eigenvalue weighted by atomic mass is 32.2. The summed E-state index contributed by atoms with van der Waals surface area (Å²) in [6.07, 6.45) is 3.03. The topological polar surface area (TPSA) is 113 Å². The van der Waals surface area contributed by atoms with Crippen molar-refractivity contribution in [3.05, 3.63) is 24.7 Å². The standard InChI is InChI=1S/C14H21N5O3S/c1-14(2)8-18(5-10(7-20)17-14)13-12-4-3-11(23(15,21)22)6-19(12)9-16-13/h3-4,6,9-10,17,20H,5,7-8H2,1-2H3,(H2,15,21,22). The monoisotopic (exact) mass is 339 g/mol. The first-order valence-corrected chi connectivity index (χ1v) is 8.87. The molecule has 3 rings (SSSR count). The summed E-state index contributed by atoms with van der Waals surface area (Å²) in [6.45, 7) is 5.54. The zero-order chi connectivity index (χ0) is 16.8. The van der Waals surface area contributed by atoms with Crippen LogP contribution in [0, 0.1) is 0 Å². The number of nitrogens with zero attached hydrogens (tertiary/aromatic N) is 3. The summed E-state index contributed by atoms with van der Waals surface area (Å²) < 4.78 is 24.6. The number of nitrogens with two attached hydrogens (primary N) is 1. The molecule has 23 heavy (non-hydrogen) atoms. The van der Waals surface area contributed by atoms with Crippen LogP contribution in [0.15, 0.2) is 29.6 Å². The smallest absolute Gasteiger partial charge is 0.239 e. The van der Waals surface area contributed by atoms with Gasteiger partial charge in [0.25, 0.3) is 0 Å². The first-order chi connectivity index (χ1) is 10.7. The SMILES string of the molecule is CC1(C)CN(c2ncn3cc(S(N)(=O)=O)ccc23)CC(CO)N1. The van der Waals surface area contributed by atoms with Crippen LogP contribution in [0.5, 0.6) is 0 Å². The molecule has 0 radical (unpaired) electrons. The van der Waals surface area contributed by atoms with E-state index < -0.39 is 10.0 Å². The number of anilines is 1. The average Bonchev–Trinajstić information content (AvgIpc) is 2.87. The number of aliphatic hydroxyl groups is 1. The Hall–Kier alpha value is -1.68. The number of imidazole rings is 1. The molecule has 0 spiro atoms. The van der Waals surface area contributed by atoms with Gasteiger partial charge in [0, 0.05) is 30.9 Å². The van der Waals surface area contributed by atoms with Crippen molar-refractivity contribution in [3.63, 3.8) is 0 Å². The van der Waals surface area contributed by atoms with Crippen molar-refractivity contribution in [3.8, 4) is 0 Å². The van der Waals surface area contributed by atoms with Gasteiger partial charge in [0.2, 0.25) is 10.0 Å². The Bertz CT molecular complexity index is 830. The highest BCUT2D eigenvalue weighted by Gasteiger charge is 2.33. The van der Waals surface area contributed by atoms with E-state index >= 15 is 0 Å². The van der Waals surface area contributed by atoms with Crippen molar-refractivity contribution in [1.29, 1.82) is 0 Å². The second-order valence-electron chi connectivity index (χ2n) is 6.56. The maximum Gasteiger partial charge on any atom is 0.239 e. The molecule has 126 valence electrons. The zero-order valence-electron chi connectivity index (χ0n) is 13.1. The third-order valence-electron chi connectivity index (χ3n) is 3.95. The Morgan fingerprint density at radius 1 is 1.48 bits per heavy atom. The molecule has 9 heteroatoms. The first-order valence-electron chi connectivity index (χ1n) is 7.33. The van der Waals surface area contributed by atoms with Gasteiger partial charge in [-0.1, -0.05) is 0 Å². The van der Waals surface area contributed by atoms with E-state index in [1.807, 2.05) is 0 Å². The van der Waals surface area contributed by atoms with Crippen LogP contribution in [0.1, 0.15) is 13.8 Å². The Kier molecular flexibility index (Phi) is 3.83. The van der Waals surface area contributed by atoms with Crippen molar-refractivity contribution in [2.24, 2.45) is 5.14 Å². The minimum absolute atomic E-state index is 0.0424. The molecule has 4 N–H and O–H groups in total. The molecule has 0 bridgehead atoms. The van der Waals surface area contributed by atoms with Crippen LogP contribution in [0.3, 0.4) is 0 Å². The fourth-order valence-electron chi connectivity index (χ4n) is 3.09. The number of sulfonamides is 1. The Labute approximate surface area is 135 Å². The molecular weight excluding hydrogens is 318 g/mol. The highest BCUT2D eigenvalue weighted by molar-refractivity contribution is 7.89. The molecule has 1 saturated heterocycles. The van der Waals surface area contributed by atoms with Crippen molar-refractivity contribution in [2.75, 3.05) is 24.6 Å². The van der Waals surface area contributed by atoms with E-state index in [1.165, 1.54) is 12.3 Å². The second-order valence-corrected chi connectivity index (χ2v) is 8.12. The molecule has 1 aliphatic heterocycles. The number of piperazine rings is 1. The van der Waals surface area contributed by atoms with Gasteiger partial charge >= 0.3 is 0 Å². The molecule has 2 aromatic rings. The van der Waals surface area contributed by atoms with Gasteiger partial charge in [-0.05, 0) is 26.0 Å². The summed E-state index contributed by atoms with van der Waals surface area (Å²) in [7, 11) is -3.75. The third-order valence-corrected chi connectivity index (χ3v) is 4.85. The fraction of sp³-hybridized carbons (Fsp3) is 0.500. The summed E-state index contributed by atoms with van der Waals surface area (Å²) >= 11 is 0. The molecule has 0 aliphatic carbocycles. The molecule has 2 aromatic heterocycles. The molecule has 0 amide bonds. The molecule has 8 nitrogen and oxygen atoms in total. The average molecular weight is 339 g/mol. The molecule has 1 fully saturated rings. The lowest BCUT2D eigenvalue weighted by Gasteiger charge is -2.43. The number of pyridine rings is 1. The van der Waals surface area contributed by atoms with E-state index in [2.05, 4.69) is 29.0 Å². The van der Waals surface area contributed by atoms with E-state index in [-0.39, 0.29) is 23.1 Å². The van der Waals surface area contributed by atoms with Gasteiger partial charge < -0.3 is 19.7 Å². The quantitative estimate of drug-likeness (QED) is 0.697. The normalized spacial score (nSPS) is 21.7. The van der Waals surface area contributed by atoms with E-state index in [0.29, 0.717) is 6.54 Å². The number of aromatic nitrogens is 2. The number of hydrogen-bond acceptors (Lipinski definition) is 6. The van der Waals surface area contributed by atoms with Gasteiger partial charge in [-0.25, -0.2) is 18.5 Å². The minimum Gasteiger partial charge on any atom is -0.395 e. The fourth-order valence-corrected chi connectivity index (χ4v) is 3.61. The van der Waals surface area contributed by atoms with Crippen LogP contribution in [0.2, 0.25) is 0 Å². The number of primary sulfonamides is 1. The largest absolute Gasteiger partial charge is 0.395 e. The Balaban J connectivity index is 2.00. The maximum atomic E-state index is 11.4. The minimum atomic E-state index is -3.75. The second kappa shape index (κ2) is 5.45. The van der Waals surface area contributed by atoms with Gasteiger partial charge in [0.05, 0.1) is 17.0 Å². The predicted molar refractivity (Wildman–Crippen MR) is 86.9 cm³/mol. The van der Waals surface area contributed by atoms with E-state index in [0.717, 1.165) is 17.9 Å². The highest BCUT2D eigenvalue weighted by Crippen LogP contribution is 2.25. The Morgan fingerprint density at radius 3 is 2.87 bits per heavy atom. The van der Waals surface area contributed by atoms with Crippen LogP contribution in [-0.2, 0) is 10.0 Å². The van der Waals surface area contributed by atoms with Gasteiger partial charge in [0.15, 0.2) is 5.82 Å². The zero-order valence-corrected chi connectivity index (χ0v) is 13.9. The van der Waals surface area contributed by atoms with E-state index in [4.69, 9.17) is 5.14 Å². The molecular formula is C14H21N5O3S. The van der Waals surface area contributed by atoms with Crippen LogP contribution in [0.25, 0.3) is 5.52 Å². The number of hydrogen-bond donors (Lipinski definition) is 3. The molecule has 3 heterocycles. The number of rotatable bonds is 3. The lowest BCUT2D eigenvalue weighted by atomic mass is 9.99. The van der Waals surface area contributed by atoms with Gasteiger partial charge in [-0.3, -0.25) is 0 Å². The first kappa shape index (κ1) is 16.2. The van der Waals surface area contributed by atoms with Crippen molar-refractivity contribution in [1.82, 2.24) is 14.7 Å². The third kappa shape index (κ3) is 3.18. The maximum absolute atomic E-state index is 11.4. The van der Waals surface area contributed by atoms with Crippen molar-refractivity contribution in [2.45, 2.75) is 30.3 Å². The van der Waals surface area contributed by atoms with Gasteiger partial charge in [0.1, 0.15) is 6.33 Å². The predicted octanol–water partition coefficient (Wildman–Crippen LogP) is -0.469. The van der Waals surface area contributed by atoms with Crippen molar-refractivity contribution >= 4 is 21.4 Å². The number of fused-ring (bicyclic) bond motifs is 1. The van der Waals surface area contributed by atoms with Crippen LogP contribution in [0.4, 0.5) is 5.82 Å². The van der Waals surface area contributed by atoms with E-state index in [9.17, 15) is 13.5 Å². The number of nitrogens with one attached hydrogen (secondary N) is 1. The molecule has 0 aromatic carbocycles. The Morgan fingerprint density at radius 2 is 2.22 bits per heavy atom. The molecule has 1 unspecified atom stereocenters. The van der Waals surface area contributed by atoms with Crippen LogP contribution >= 0.6 is 0 Å². The molecule has 0 saturated carbocycles. The number of aliphatic hydroxyl groups excluding tert-OH is 1. The summed E-state index contributed by atoms with van der Waals surface area (Å²) in [6, 6.07) is 3.14. The molecule has 1 atom stereocenters. The van der Waals surface area contributed by atoms with Crippen LogP contribution < -0.4 is 15.4 Å². The molecule has 1 aliphatic rings. The van der Waals surface area contributed by atoms with Gasteiger partial charge in [-0.2, -0.15) is 0 Å².